The van der Waals surface area contributed by atoms with Crippen LogP contribution in [0.1, 0.15) is 11.1 Å². The Hall–Kier alpha value is -2.84. The van der Waals surface area contributed by atoms with Gasteiger partial charge in [-0.15, -0.1) is 0 Å². The van der Waals surface area contributed by atoms with Crippen molar-refractivity contribution >= 4 is 21.5 Å². The Labute approximate surface area is 146 Å². The average molecular weight is 326 g/mol. The fraction of sp³-hybridized carbons (Fsp3) is 0.130. The minimum absolute atomic E-state index is 0.691. The van der Waals surface area contributed by atoms with Crippen molar-refractivity contribution in [2.75, 3.05) is 7.11 Å². The highest BCUT2D eigenvalue weighted by atomic mass is 16.5. The molecule has 0 saturated heterocycles. The van der Waals surface area contributed by atoms with Gasteiger partial charge in [0.15, 0.2) is 0 Å². The van der Waals surface area contributed by atoms with Crippen molar-refractivity contribution in [3.8, 4) is 16.9 Å². The molecular formula is C23H18O2. The van der Waals surface area contributed by atoms with Crippen molar-refractivity contribution in [3.63, 3.8) is 0 Å². The molecule has 0 spiro atoms. The molecule has 5 rings (SSSR count). The highest BCUT2D eigenvalue weighted by Crippen LogP contribution is 2.39. The summed E-state index contributed by atoms with van der Waals surface area (Å²) >= 11 is 0. The SMILES string of the molecule is COc1ccc2cc(-c3c4c(cc5ccccc35)COC4)ccc2c1. The first-order valence-electron chi connectivity index (χ1n) is 8.53. The van der Waals surface area contributed by atoms with Gasteiger partial charge in [-0.1, -0.05) is 42.5 Å². The molecule has 1 heterocycles. The summed E-state index contributed by atoms with van der Waals surface area (Å²) in [7, 11) is 1.70. The van der Waals surface area contributed by atoms with Gasteiger partial charge in [0.25, 0.3) is 0 Å². The maximum atomic E-state index is 5.75. The molecule has 0 aromatic heterocycles. The Balaban J connectivity index is 1.79. The molecule has 0 saturated carbocycles. The minimum atomic E-state index is 0.691. The van der Waals surface area contributed by atoms with Gasteiger partial charge in [-0.2, -0.15) is 0 Å². The van der Waals surface area contributed by atoms with Gasteiger partial charge in [-0.25, -0.2) is 0 Å². The molecule has 4 aromatic rings. The van der Waals surface area contributed by atoms with Crippen LogP contribution in [0.3, 0.4) is 0 Å². The number of benzene rings is 4. The number of rotatable bonds is 2. The second-order valence-corrected chi connectivity index (χ2v) is 6.53. The Morgan fingerprint density at radius 3 is 2.56 bits per heavy atom. The molecule has 25 heavy (non-hydrogen) atoms. The van der Waals surface area contributed by atoms with E-state index >= 15 is 0 Å². The molecule has 0 amide bonds. The quantitative estimate of drug-likeness (QED) is 0.470. The fourth-order valence-corrected chi connectivity index (χ4v) is 3.84. The third-order valence-electron chi connectivity index (χ3n) is 5.09. The van der Waals surface area contributed by atoms with Crippen molar-refractivity contribution in [1.29, 1.82) is 0 Å². The molecule has 4 aromatic carbocycles. The highest BCUT2D eigenvalue weighted by molar-refractivity contribution is 6.01. The third-order valence-corrected chi connectivity index (χ3v) is 5.09. The van der Waals surface area contributed by atoms with E-state index in [2.05, 4.69) is 60.7 Å². The normalized spacial score (nSPS) is 13.3. The van der Waals surface area contributed by atoms with E-state index in [9.17, 15) is 0 Å². The first-order valence-corrected chi connectivity index (χ1v) is 8.53. The van der Waals surface area contributed by atoms with Gasteiger partial charge >= 0.3 is 0 Å². The molecular weight excluding hydrogens is 308 g/mol. The minimum Gasteiger partial charge on any atom is -0.497 e. The summed E-state index contributed by atoms with van der Waals surface area (Å²) in [5.74, 6) is 0.889. The van der Waals surface area contributed by atoms with Crippen molar-refractivity contribution in [3.05, 3.63) is 77.9 Å². The molecule has 1 aliphatic rings. The van der Waals surface area contributed by atoms with Crippen LogP contribution >= 0.6 is 0 Å². The predicted octanol–water partition coefficient (Wildman–Crippen LogP) is 5.70. The molecule has 2 nitrogen and oxygen atoms in total. The summed E-state index contributed by atoms with van der Waals surface area (Å²) < 4.78 is 11.1. The van der Waals surface area contributed by atoms with Gasteiger partial charge in [0.1, 0.15) is 5.75 Å². The number of fused-ring (bicyclic) bond motifs is 3. The van der Waals surface area contributed by atoms with Gasteiger partial charge < -0.3 is 9.47 Å². The summed E-state index contributed by atoms with van der Waals surface area (Å²) in [6, 6.07) is 23.8. The maximum Gasteiger partial charge on any atom is 0.119 e. The standard InChI is InChI=1S/C23H18O2/c1-24-20-9-8-15-10-18(7-6-16(15)12-20)23-21-5-3-2-4-17(21)11-19-13-25-14-22(19)23/h2-12H,13-14H2,1H3. The summed E-state index contributed by atoms with van der Waals surface area (Å²) in [4.78, 5) is 0. The van der Waals surface area contributed by atoms with Crippen molar-refractivity contribution in [2.45, 2.75) is 13.2 Å². The van der Waals surface area contributed by atoms with Crippen LogP contribution in [-0.2, 0) is 18.0 Å². The lowest BCUT2D eigenvalue weighted by Gasteiger charge is -2.13. The lowest BCUT2D eigenvalue weighted by molar-refractivity contribution is 0.134. The summed E-state index contributed by atoms with van der Waals surface area (Å²) in [6.07, 6.45) is 0. The Morgan fingerprint density at radius 2 is 1.64 bits per heavy atom. The monoisotopic (exact) mass is 326 g/mol. The van der Waals surface area contributed by atoms with Crippen LogP contribution < -0.4 is 4.74 Å². The van der Waals surface area contributed by atoms with Crippen LogP contribution in [0.15, 0.2) is 66.7 Å². The van der Waals surface area contributed by atoms with Gasteiger partial charge in [0.2, 0.25) is 0 Å². The summed E-state index contributed by atoms with van der Waals surface area (Å²) in [5, 5.41) is 4.98. The van der Waals surface area contributed by atoms with Crippen LogP contribution in [0, 0.1) is 0 Å². The highest BCUT2D eigenvalue weighted by Gasteiger charge is 2.19. The Bertz CT molecular complexity index is 1110. The zero-order valence-corrected chi connectivity index (χ0v) is 14.1. The molecule has 122 valence electrons. The molecule has 0 aliphatic carbocycles. The van der Waals surface area contributed by atoms with E-state index < -0.39 is 0 Å². The summed E-state index contributed by atoms with van der Waals surface area (Å²) in [5.41, 5.74) is 5.19. The zero-order chi connectivity index (χ0) is 16.8. The van der Waals surface area contributed by atoms with Gasteiger partial charge in [0.05, 0.1) is 20.3 Å². The van der Waals surface area contributed by atoms with Crippen LogP contribution in [0.2, 0.25) is 0 Å². The number of hydrogen-bond acceptors (Lipinski definition) is 2. The first-order chi connectivity index (χ1) is 12.3. The molecule has 0 unspecified atom stereocenters. The van der Waals surface area contributed by atoms with E-state index in [0.717, 1.165) is 5.75 Å². The summed E-state index contributed by atoms with van der Waals surface area (Å²) in [6.45, 7) is 1.40. The van der Waals surface area contributed by atoms with E-state index in [1.165, 1.54) is 43.8 Å². The molecule has 2 heteroatoms. The van der Waals surface area contributed by atoms with Crippen LogP contribution in [0.5, 0.6) is 5.75 Å². The topological polar surface area (TPSA) is 18.5 Å². The molecule has 0 fully saturated rings. The zero-order valence-electron chi connectivity index (χ0n) is 14.1. The molecule has 0 atom stereocenters. The lowest BCUT2D eigenvalue weighted by atomic mass is 9.90. The average Bonchev–Trinajstić information content (AvgIpc) is 3.13. The second-order valence-electron chi connectivity index (χ2n) is 6.53. The number of ether oxygens (including phenoxy) is 2. The van der Waals surface area contributed by atoms with E-state index in [1.807, 2.05) is 6.07 Å². The molecule has 0 radical (unpaired) electrons. The maximum absolute atomic E-state index is 5.75. The van der Waals surface area contributed by atoms with Crippen LogP contribution in [0.25, 0.3) is 32.7 Å². The van der Waals surface area contributed by atoms with Crippen LogP contribution in [0.4, 0.5) is 0 Å². The fourth-order valence-electron chi connectivity index (χ4n) is 3.84. The number of hydrogen-bond donors (Lipinski definition) is 0. The van der Waals surface area contributed by atoms with E-state index in [-0.39, 0.29) is 0 Å². The van der Waals surface area contributed by atoms with Gasteiger partial charge in [-0.05, 0) is 68.1 Å². The molecule has 0 N–H and O–H groups in total. The molecule has 0 bridgehead atoms. The smallest absolute Gasteiger partial charge is 0.119 e. The van der Waals surface area contributed by atoms with Crippen molar-refractivity contribution in [2.24, 2.45) is 0 Å². The van der Waals surface area contributed by atoms with Gasteiger partial charge in [0, 0.05) is 0 Å². The van der Waals surface area contributed by atoms with Crippen molar-refractivity contribution in [1.82, 2.24) is 0 Å². The molecule has 1 aliphatic heterocycles. The third kappa shape index (κ3) is 2.30. The second kappa shape index (κ2) is 5.61. The number of methoxy groups -OCH3 is 1. The van der Waals surface area contributed by atoms with Gasteiger partial charge in [-0.3, -0.25) is 0 Å². The lowest BCUT2D eigenvalue weighted by Crippen LogP contribution is -1.92. The predicted molar refractivity (Wildman–Crippen MR) is 102 cm³/mol. The van der Waals surface area contributed by atoms with E-state index in [0.29, 0.717) is 13.2 Å². The Kier molecular flexibility index (Phi) is 3.25. The first kappa shape index (κ1) is 14.5. The Morgan fingerprint density at radius 1 is 0.800 bits per heavy atom. The van der Waals surface area contributed by atoms with Crippen LogP contribution in [-0.4, -0.2) is 7.11 Å². The van der Waals surface area contributed by atoms with E-state index in [4.69, 9.17) is 9.47 Å². The van der Waals surface area contributed by atoms with E-state index in [1.54, 1.807) is 7.11 Å². The largest absolute Gasteiger partial charge is 0.497 e. The van der Waals surface area contributed by atoms with Crippen molar-refractivity contribution < 1.29 is 9.47 Å².